The molecule has 0 radical (unpaired) electrons. The molecular formula is C15H19BrN4OS. The van der Waals surface area contributed by atoms with E-state index in [0.29, 0.717) is 17.1 Å². The first-order chi connectivity index (χ1) is 10.5. The van der Waals surface area contributed by atoms with Crippen LogP contribution in [0.25, 0.3) is 11.0 Å². The summed E-state index contributed by atoms with van der Waals surface area (Å²) in [7, 11) is 0. The Bertz CT molecular complexity index is 754. The van der Waals surface area contributed by atoms with Crippen molar-refractivity contribution in [1.29, 1.82) is 0 Å². The molecule has 0 bridgehead atoms. The predicted molar refractivity (Wildman–Crippen MR) is 97.4 cm³/mol. The zero-order chi connectivity index (χ0) is 15.7. The molecule has 0 unspecified atom stereocenters. The van der Waals surface area contributed by atoms with Gasteiger partial charge < -0.3 is 20.6 Å². The number of anilines is 1. The summed E-state index contributed by atoms with van der Waals surface area (Å²) in [5, 5.41) is 7.26. The van der Waals surface area contributed by atoms with Crippen LogP contribution in [0.5, 0.6) is 0 Å². The minimum absolute atomic E-state index is 0.212. The Morgan fingerprint density at radius 2 is 1.95 bits per heavy atom. The van der Waals surface area contributed by atoms with E-state index in [1.165, 1.54) is 19.3 Å². The number of nitrogens with one attached hydrogen (secondary N) is 4. The van der Waals surface area contributed by atoms with Crippen molar-refractivity contribution in [2.24, 2.45) is 5.92 Å². The fourth-order valence-corrected chi connectivity index (χ4v) is 3.71. The molecule has 0 amide bonds. The van der Waals surface area contributed by atoms with Gasteiger partial charge in [-0.25, -0.2) is 4.79 Å². The van der Waals surface area contributed by atoms with Crippen molar-refractivity contribution in [3.8, 4) is 0 Å². The van der Waals surface area contributed by atoms with Crippen molar-refractivity contribution in [1.82, 2.24) is 15.3 Å². The van der Waals surface area contributed by atoms with Crippen LogP contribution in [0, 0.1) is 5.92 Å². The molecule has 0 spiro atoms. The number of halogens is 1. The van der Waals surface area contributed by atoms with Crippen molar-refractivity contribution in [2.45, 2.75) is 38.6 Å². The lowest BCUT2D eigenvalue weighted by Gasteiger charge is -2.30. The molecule has 1 heterocycles. The van der Waals surface area contributed by atoms with Crippen molar-refractivity contribution >= 4 is 50.0 Å². The Morgan fingerprint density at radius 3 is 2.68 bits per heavy atom. The van der Waals surface area contributed by atoms with E-state index in [4.69, 9.17) is 12.2 Å². The van der Waals surface area contributed by atoms with E-state index in [9.17, 15) is 4.79 Å². The number of benzene rings is 1. The first-order valence-electron chi connectivity index (χ1n) is 7.52. The van der Waals surface area contributed by atoms with Crippen LogP contribution < -0.4 is 16.3 Å². The Labute approximate surface area is 142 Å². The van der Waals surface area contributed by atoms with Gasteiger partial charge in [0.15, 0.2) is 5.11 Å². The van der Waals surface area contributed by atoms with Crippen LogP contribution in [-0.4, -0.2) is 21.1 Å². The van der Waals surface area contributed by atoms with Gasteiger partial charge in [-0.1, -0.05) is 19.8 Å². The number of thiocarbonyl (C=S) groups is 1. The number of H-pyrrole nitrogens is 2. The second-order valence-corrected chi connectivity index (χ2v) is 7.19. The molecule has 3 rings (SSSR count). The van der Waals surface area contributed by atoms with Crippen molar-refractivity contribution in [2.75, 3.05) is 5.32 Å². The third-order valence-corrected chi connectivity index (χ3v) is 5.16. The van der Waals surface area contributed by atoms with Gasteiger partial charge in [-0.15, -0.1) is 0 Å². The van der Waals surface area contributed by atoms with Gasteiger partial charge in [-0.2, -0.15) is 0 Å². The summed E-state index contributed by atoms with van der Waals surface area (Å²) in [5.41, 5.74) is 2.14. The molecule has 1 aromatic carbocycles. The highest BCUT2D eigenvalue weighted by Crippen LogP contribution is 2.27. The molecule has 0 aliphatic heterocycles. The molecule has 1 aliphatic carbocycles. The quantitative estimate of drug-likeness (QED) is 0.599. The van der Waals surface area contributed by atoms with Crippen LogP contribution in [0.15, 0.2) is 21.4 Å². The number of hydrogen-bond donors (Lipinski definition) is 4. The van der Waals surface area contributed by atoms with E-state index in [0.717, 1.165) is 27.6 Å². The monoisotopic (exact) mass is 382 g/mol. The van der Waals surface area contributed by atoms with Gasteiger partial charge in [0.25, 0.3) is 0 Å². The fourth-order valence-electron chi connectivity index (χ4n) is 3.01. The summed E-state index contributed by atoms with van der Waals surface area (Å²) < 4.78 is 0.857. The van der Waals surface area contributed by atoms with Gasteiger partial charge in [0.05, 0.1) is 16.7 Å². The maximum Gasteiger partial charge on any atom is 0.323 e. The van der Waals surface area contributed by atoms with E-state index < -0.39 is 0 Å². The van der Waals surface area contributed by atoms with E-state index in [1.54, 1.807) is 0 Å². The highest BCUT2D eigenvalue weighted by atomic mass is 79.9. The summed E-state index contributed by atoms with van der Waals surface area (Å²) in [6.07, 6.45) is 4.97. The van der Waals surface area contributed by atoms with Gasteiger partial charge in [0.2, 0.25) is 0 Å². The van der Waals surface area contributed by atoms with Crippen LogP contribution in [0.3, 0.4) is 0 Å². The summed E-state index contributed by atoms with van der Waals surface area (Å²) in [6.45, 7) is 2.27. The zero-order valence-electron chi connectivity index (χ0n) is 12.3. The molecule has 1 fully saturated rings. The molecule has 1 aromatic heterocycles. The van der Waals surface area contributed by atoms with E-state index >= 15 is 0 Å². The molecule has 5 nitrogen and oxygen atoms in total. The highest BCUT2D eigenvalue weighted by Gasteiger charge is 2.21. The molecule has 2 aromatic rings. The van der Waals surface area contributed by atoms with Gasteiger partial charge in [0, 0.05) is 10.5 Å². The van der Waals surface area contributed by atoms with Gasteiger partial charge in [0.1, 0.15) is 0 Å². The standard InChI is InChI=1S/C15H19BrN4OS/c1-8-4-2-3-5-10(8)19-15(22)20-11-7-13-12(6-9(11)16)17-14(21)18-13/h6-8,10H,2-5H2,1H3,(H2,17,18,21)(H2,19,20,22)/t8-,10+/m0/s1. The number of aromatic amines is 2. The number of rotatable bonds is 2. The van der Waals surface area contributed by atoms with Crippen LogP contribution in [0.4, 0.5) is 5.69 Å². The first kappa shape index (κ1) is 15.6. The molecule has 7 heteroatoms. The second kappa shape index (κ2) is 6.42. The molecule has 0 saturated heterocycles. The Balaban J connectivity index is 1.73. The van der Waals surface area contributed by atoms with E-state index in [-0.39, 0.29) is 5.69 Å². The maximum atomic E-state index is 11.3. The largest absolute Gasteiger partial charge is 0.359 e. The Kier molecular flexibility index (Phi) is 4.54. The van der Waals surface area contributed by atoms with Gasteiger partial charge in [-0.3, -0.25) is 0 Å². The average molecular weight is 383 g/mol. The van der Waals surface area contributed by atoms with E-state index in [1.807, 2.05) is 12.1 Å². The van der Waals surface area contributed by atoms with Gasteiger partial charge >= 0.3 is 5.69 Å². The Hall–Kier alpha value is -1.34. The number of fused-ring (bicyclic) bond motifs is 1. The number of hydrogen-bond acceptors (Lipinski definition) is 2. The minimum atomic E-state index is -0.212. The highest BCUT2D eigenvalue weighted by molar-refractivity contribution is 9.10. The van der Waals surface area contributed by atoms with Crippen molar-refractivity contribution in [3.63, 3.8) is 0 Å². The first-order valence-corrected chi connectivity index (χ1v) is 8.72. The number of aromatic nitrogens is 2. The predicted octanol–water partition coefficient (Wildman–Crippen LogP) is 3.48. The zero-order valence-corrected chi connectivity index (χ0v) is 14.7. The van der Waals surface area contributed by atoms with Crippen LogP contribution in [-0.2, 0) is 0 Å². The summed E-state index contributed by atoms with van der Waals surface area (Å²) in [4.78, 5) is 16.8. The molecule has 1 saturated carbocycles. The fraction of sp³-hybridized carbons (Fsp3) is 0.467. The Morgan fingerprint density at radius 1 is 1.27 bits per heavy atom. The lowest BCUT2D eigenvalue weighted by Crippen LogP contribution is -2.43. The molecule has 2 atom stereocenters. The summed E-state index contributed by atoms with van der Waals surface area (Å²) in [5.74, 6) is 0.639. The molecule has 118 valence electrons. The average Bonchev–Trinajstić information content (AvgIpc) is 2.81. The van der Waals surface area contributed by atoms with Crippen molar-refractivity contribution in [3.05, 3.63) is 27.1 Å². The smallest absolute Gasteiger partial charge is 0.323 e. The molecular weight excluding hydrogens is 364 g/mol. The number of imidazole rings is 1. The SMILES string of the molecule is C[C@H]1CCCC[C@H]1NC(=S)Nc1cc2[nH]c(=O)[nH]c2cc1Br. The normalized spacial score (nSPS) is 21.7. The minimum Gasteiger partial charge on any atom is -0.359 e. The molecule has 1 aliphatic rings. The molecule has 4 N–H and O–H groups in total. The summed E-state index contributed by atoms with van der Waals surface area (Å²) in [6, 6.07) is 4.17. The summed E-state index contributed by atoms with van der Waals surface area (Å²) >= 11 is 8.94. The third kappa shape index (κ3) is 3.35. The van der Waals surface area contributed by atoms with Crippen LogP contribution >= 0.6 is 28.1 Å². The van der Waals surface area contributed by atoms with Crippen molar-refractivity contribution < 1.29 is 0 Å². The third-order valence-electron chi connectivity index (χ3n) is 4.28. The van der Waals surface area contributed by atoms with Crippen LogP contribution in [0.2, 0.25) is 0 Å². The van der Waals surface area contributed by atoms with Gasteiger partial charge in [-0.05, 0) is 59.0 Å². The van der Waals surface area contributed by atoms with E-state index in [2.05, 4.69) is 43.5 Å². The molecule has 22 heavy (non-hydrogen) atoms. The maximum absolute atomic E-state index is 11.3. The van der Waals surface area contributed by atoms with Crippen LogP contribution in [0.1, 0.15) is 32.6 Å². The lowest BCUT2D eigenvalue weighted by atomic mass is 9.86. The second-order valence-electron chi connectivity index (χ2n) is 5.92. The lowest BCUT2D eigenvalue weighted by molar-refractivity contribution is 0.309. The topological polar surface area (TPSA) is 72.7 Å².